The molecule has 2 N–H and O–H groups in total. The van der Waals surface area contributed by atoms with Gasteiger partial charge in [0.2, 0.25) is 0 Å². The van der Waals surface area contributed by atoms with Crippen LogP contribution in [-0.2, 0) is 6.54 Å². The maximum Gasteiger partial charge on any atom is 0.349 e. The Morgan fingerprint density at radius 1 is 1.35 bits per heavy atom. The molecule has 2 aromatic rings. The first-order valence-electron chi connectivity index (χ1n) is 6.36. The smallest absolute Gasteiger partial charge is 0.349 e. The Morgan fingerprint density at radius 2 is 2.20 bits per heavy atom. The molecular weight excluding hydrogens is 322 g/mol. The lowest BCUT2D eigenvalue weighted by atomic mass is 10.2. The number of aliphatic hydroxyl groups is 1. The van der Waals surface area contributed by atoms with Gasteiger partial charge in [0.05, 0.1) is 6.54 Å². The molecule has 20 heavy (non-hydrogen) atoms. The Labute approximate surface area is 125 Å². The monoisotopic (exact) mass is 337 g/mol. The largest absolute Gasteiger partial charge is 0.396 e. The van der Waals surface area contributed by atoms with Crippen molar-refractivity contribution in [2.75, 3.05) is 18.5 Å². The van der Waals surface area contributed by atoms with Crippen molar-refractivity contribution in [3.05, 3.63) is 57.0 Å². The maximum atomic E-state index is 11.9. The van der Waals surface area contributed by atoms with Crippen molar-refractivity contribution in [1.82, 2.24) is 9.55 Å². The lowest BCUT2D eigenvalue weighted by Gasteiger charge is -2.08. The van der Waals surface area contributed by atoms with E-state index in [2.05, 4.69) is 26.2 Å². The highest BCUT2D eigenvalue weighted by Gasteiger charge is 2.01. The molecule has 0 fully saturated rings. The molecule has 0 amide bonds. The van der Waals surface area contributed by atoms with Crippen LogP contribution in [0.25, 0.3) is 0 Å². The topological polar surface area (TPSA) is 67.2 Å². The van der Waals surface area contributed by atoms with E-state index < -0.39 is 0 Å². The van der Waals surface area contributed by atoms with Crippen LogP contribution < -0.4 is 11.0 Å². The highest BCUT2D eigenvalue weighted by Crippen LogP contribution is 2.12. The van der Waals surface area contributed by atoms with Crippen LogP contribution in [0, 0.1) is 0 Å². The van der Waals surface area contributed by atoms with Crippen LogP contribution in [-0.4, -0.2) is 27.8 Å². The number of anilines is 1. The van der Waals surface area contributed by atoms with Crippen molar-refractivity contribution in [2.24, 2.45) is 0 Å². The highest BCUT2D eigenvalue weighted by molar-refractivity contribution is 9.10. The van der Waals surface area contributed by atoms with Gasteiger partial charge in [-0.1, -0.05) is 28.1 Å². The molecule has 0 spiro atoms. The van der Waals surface area contributed by atoms with Crippen LogP contribution >= 0.6 is 15.9 Å². The third-order valence-corrected chi connectivity index (χ3v) is 3.25. The first kappa shape index (κ1) is 14.7. The van der Waals surface area contributed by atoms with Gasteiger partial charge in [0, 0.05) is 23.8 Å². The molecule has 106 valence electrons. The predicted molar refractivity (Wildman–Crippen MR) is 81.9 cm³/mol. The van der Waals surface area contributed by atoms with Crippen molar-refractivity contribution in [3.8, 4) is 0 Å². The van der Waals surface area contributed by atoms with E-state index in [-0.39, 0.29) is 12.3 Å². The van der Waals surface area contributed by atoms with Gasteiger partial charge >= 0.3 is 5.69 Å². The summed E-state index contributed by atoms with van der Waals surface area (Å²) < 4.78 is 2.54. The molecule has 0 atom stereocenters. The van der Waals surface area contributed by atoms with Crippen LogP contribution in [0.1, 0.15) is 12.0 Å². The quantitative estimate of drug-likeness (QED) is 0.789. The van der Waals surface area contributed by atoms with E-state index in [4.69, 9.17) is 5.11 Å². The van der Waals surface area contributed by atoms with E-state index in [0.717, 1.165) is 10.0 Å². The van der Waals surface area contributed by atoms with Gasteiger partial charge in [0.1, 0.15) is 5.82 Å². The molecular formula is C14H16BrN3O2. The van der Waals surface area contributed by atoms with Gasteiger partial charge in [0.15, 0.2) is 0 Å². The molecule has 0 bridgehead atoms. The second-order valence-corrected chi connectivity index (χ2v) is 5.27. The molecule has 1 heterocycles. The second kappa shape index (κ2) is 7.21. The molecule has 5 nitrogen and oxygen atoms in total. The Balaban J connectivity index is 2.08. The summed E-state index contributed by atoms with van der Waals surface area (Å²) in [5, 5.41) is 11.7. The van der Waals surface area contributed by atoms with Crippen LogP contribution in [0.4, 0.5) is 5.82 Å². The Hall–Kier alpha value is -1.66. The average Bonchev–Trinajstić information content (AvgIpc) is 2.42. The van der Waals surface area contributed by atoms with Gasteiger partial charge in [-0.15, -0.1) is 0 Å². The summed E-state index contributed by atoms with van der Waals surface area (Å²) in [5.74, 6) is 0.536. The number of aromatic nitrogens is 2. The molecule has 0 aliphatic carbocycles. The van der Waals surface area contributed by atoms with E-state index in [1.54, 1.807) is 16.8 Å². The number of nitrogens with one attached hydrogen (secondary N) is 1. The molecule has 0 radical (unpaired) electrons. The number of nitrogens with zero attached hydrogens (tertiary/aromatic N) is 2. The molecule has 0 aliphatic heterocycles. The summed E-state index contributed by atoms with van der Waals surface area (Å²) in [7, 11) is 0. The third-order valence-electron chi connectivity index (χ3n) is 2.76. The minimum Gasteiger partial charge on any atom is -0.396 e. The molecule has 0 unspecified atom stereocenters. The number of hydrogen-bond donors (Lipinski definition) is 2. The van der Waals surface area contributed by atoms with Crippen LogP contribution in [0.3, 0.4) is 0 Å². The predicted octanol–water partition coefficient (Wildman–Crippen LogP) is 1.85. The summed E-state index contributed by atoms with van der Waals surface area (Å²) in [5.41, 5.74) is 0.739. The van der Waals surface area contributed by atoms with Crippen LogP contribution in [0.5, 0.6) is 0 Å². The van der Waals surface area contributed by atoms with Gasteiger partial charge in [0.25, 0.3) is 0 Å². The zero-order valence-corrected chi connectivity index (χ0v) is 12.5. The van der Waals surface area contributed by atoms with E-state index in [0.29, 0.717) is 25.3 Å². The minimum atomic E-state index is -0.293. The van der Waals surface area contributed by atoms with E-state index in [1.807, 2.05) is 24.3 Å². The summed E-state index contributed by atoms with van der Waals surface area (Å²) >= 11 is 3.41. The normalized spacial score (nSPS) is 10.5. The van der Waals surface area contributed by atoms with Gasteiger partial charge < -0.3 is 10.4 Å². The lowest BCUT2D eigenvalue weighted by molar-refractivity contribution is 0.292. The van der Waals surface area contributed by atoms with Gasteiger partial charge in [-0.2, -0.15) is 4.98 Å². The Kier molecular flexibility index (Phi) is 5.31. The minimum absolute atomic E-state index is 0.118. The van der Waals surface area contributed by atoms with E-state index in [1.165, 1.54) is 0 Å². The molecule has 1 aromatic heterocycles. The Bertz CT molecular complexity index is 628. The molecule has 1 aromatic carbocycles. The second-order valence-electron chi connectivity index (χ2n) is 4.36. The summed E-state index contributed by atoms with van der Waals surface area (Å²) in [6.45, 7) is 1.20. The molecule has 0 saturated carbocycles. The number of benzene rings is 1. The van der Waals surface area contributed by atoms with Gasteiger partial charge in [-0.05, 0) is 30.2 Å². The van der Waals surface area contributed by atoms with E-state index >= 15 is 0 Å². The van der Waals surface area contributed by atoms with E-state index in [9.17, 15) is 4.79 Å². The zero-order valence-electron chi connectivity index (χ0n) is 10.9. The fourth-order valence-electron chi connectivity index (χ4n) is 1.78. The fraction of sp³-hybridized carbons (Fsp3) is 0.286. The SMILES string of the molecule is O=c1nc(NCCCO)ccn1Cc1cccc(Br)c1. The van der Waals surface area contributed by atoms with Crippen molar-refractivity contribution < 1.29 is 5.11 Å². The molecule has 2 rings (SSSR count). The standard InChI is InChI=1S/C14H16BrN3O2/c15-12-4-1-3-11(9-12)10-18-7-5-13(17-14(18)20)16-6-2-8-19/h1,3-5,7,9,19H,2,6,8,10H2,(H,16,17,20). The first-order valence-corrected chi connectivity index (χ1v) is 7.15. The number of hydrogen-bond acceptors (Lipinski definition) is 4. The maximum absolute atomic E-state index is 11.9. The summed E-state index contributed by atoms with van der Waals surface area (Å²) in [4.78, 5) is 15.9. The van der Waals surface area contributed by atoms with Crippen molar-refractivity contribution in [1.29, 1.82) is 0 Å². The fourth-order valence-corrected chi connectivity index (χ4v) is 2.22. The number of rotatable bonds is 6. The van der Waals surface area contributed by atoms with Gasteiger partial charge in [-0.25, -0.2) is 4.79 Å². The first-order chi connectivity index (χ1) is 9.69. The third kappa shape index (κ3) is 4.18. The van der Waals surface area contributed by atoms with Crippen molar-refractivity contribution in [2.45, 2.75) is 13.0 Å². The number of halogens is 1. The molecule has 6 heteroatoms. The molecule has 0 aliphatic rings. The summed E-state index contributed by atoms with van der Waals surface area (Å²) in [6, 6.07) is 9.57. The summed E-state index contributed by atoms with van der Waals surface area (Å²) in [6.07, 6.45) is 2.35. The average molecular weight is 338 g/mol. The number of aliphatic hydroxyl groups excluding tert-OH is 1. The van der Waals surface area contributed by atoms with Gasteiger partial charge in [-0.3, -0.25) is 4.57 Å². The van der Waals surface area contributed by atoms with Crippen molar-refractivity contribution >= 4 is 21.7 Å². The highest BCUT2D eigenvalue weighted by atomic mass is 79.9. The Morgan fingerprint density at radius 3 is 2.90 bits per heavy atom. The lowest BCUT2D eigenvalue weighted by Crippen LogP contribution is -2.24. The van der Waals surface area contributed by atoms with Crippen LogP contribution in [0.15, 0.2) is 45.8 Å². The van der Waals surface area contributed by atoms with Crippen LogP contribution in [0.2, 0.25) is 0 Å². The van der Waals surface area contributed by atoms with Crippen molar-refractivity contribution in [3.63, 3.8) is 0 Å². The molecule has 0 saturated heterocycles. The zero-order chi connectivity index (χ0) is 14.4.